The van der Waals surface area contributed by atoms with Crippen molar-refractivity contribution in [2.45, 2.75) is 12.8 Å². The average molecular weight is 390 g/mol. The molecule has 4 heterocycles. The first kappa shape index (κ1) is 18.2. The van der Waals surface area contributed by atoms with Crippen molar-refractivity contribution >= 4 is 22.5 Å². The maximum atomic E-state index is 13.3. The van der Waals surface area contributed by atoms with Gasteiger partial charge in [0.1, 0.15) is 0 Å². The van der Waals surface area contributed by atoms with Crippen molar-refractivity contribution in [3.8, 4) is 0 Å². The van der Waals surface area contributed by atoms with Gasteiger partial charge in [-0.1, -0.05) is 0 Å². The van der Waals surface area contributed by atoms with E-state index in [9.17, 15) is 4.79 Å². The number of pyridine rings is 1. The van der Waals surface area contributed by atoms with Gasteiger partial charge in [-0.3, -0.25) is 9.78 Å². The van der Waals surface area contributed by atoms with E-state index >= 15 is 0 Å². The molecular formula is C23H26N4O2. The number of anilines is 1. The highest BCUT2D eigenvalue weighted by atomic mass is 16.5. The number of amides is 1. The van der Waals surface area contributed by atoms with E-state index in [1.165, 1.54) is 0 Å². The van der Waals surface area contributed by atoms with Gasteiger partial charge in [0.15, 0.2) is 0 Å². The number of likely N-dealkylation sites (tertiary alicyclic amines) is 1. The van der Waals surface area contributed by atoms with Crippen LogP contribution in [0.4, 0.5) is 5.69 Å². The van der Waals surface area contributed by atoms with E-state index < -0.39 is 0 Å². The summed E-state index contributed by atoms with van der Waals surface area (Å²) in [5, 5.41) is 1.07. The second kappa shape index (κ2) is 7.52. The van der Waals surface area contributed by atoms with Crippen LogP contribution in [0.25, 0.3) is 10.9 Å². The van der Waals surface area contributed by atoms with Gasteiger partial charge in [-0.05, 0) is 49.2 Å². The Labute approximate surface area is 170 Å². The number of fused-ring (bicyclic) bond motifs is 1. The number of piperidine rings is 1. The van der Waals surface area contributed by atoms with E-state index in [0.717, 1.165) is 61.2 Å². The molecule has 2 aromatic heterocycles. The van der Waals surface area contributed by atoms with Crippen molar-refractivity contribution in [3.63, 3.8) is 0 Å². The second-order valence-electron chi connectivity index (χ2n) is 8.30. The number of rotatable bonds is 2. The summed E-state index contributed by atoms with van der Waals surface area (Å²) in [6.07, 6.45) is 7.70. The number of aromatic amines is 1. The third-order valence-corrected chi connectivity index (χ3v) is 6.20. The van der Waals surface area contributed by atoms with E-state index in [-0.39, 0.29) is 11.3 Å². The number of nitrogens with zero attached hydrogens (tertiary/aromatic N) is 3. The van der Waals surface area contributed by atoms with Gasteiger partial charge in [-0.2, -0.15) is 0 Å². The molecule has 150 valence electrons. The van der Waals surface area contributed by atoms with Gasteiger partial charge in [-0.15, -0.1) is 0 Å². The molecule has 0 saturated carbocycles. The summed E-state index contributed by atoms with van der Waals surface area (Å²) in [5.74, 6) is 0.115. The molecule has 2 aliphatic heterocycles. The summed E-state index contributed by atoms with van der Waals surface area (Å²) in [5.41, 5.74) is 2.89. The highest BCUT2D eigenvalue weighted by molar-refractivity contribution is 5.98. The predicted molar refractivity (Wildman–Crippen MR) is 113 cm³/mol. The number of benzene rings is 1. The normalized spacial score (nSPS) is 22.8. The van der Waals surface area contributed by atoms with Gasteiger partial charge in [0.2, 0.25) is 0 Å². The fourth-order valence-electron chi connectivity index (χ4n) is 4.75. The van der Waals surface area contributed by atoms with Crippen molar-refractivity contribution in [2.75, 3.05) is 44.3 Å². The second-order valence-corrected chi connectivity index (χ2v) is 8.30. The molecule has 29 heavy (non-hydrogen) atoms. The van der Waals surface area contributed by atoms with Crippen molar-refractivity contribution in [3.05, 3.63) is 60.6 Å². The summed E-state index contributed by atoms with van der Waals surface area (Å²) < 4.78 is 6.02. The Morgan fingerprint density at radius 3 is 3.03 bits per heavy atom. The van der Waals surface area contributed by atoms with Gasteiger partial charge in [0, 0.05) is 60.5 Å². The van der Waals surface area contributed by atoms with Crippen LogP contribution in [0.2, 0.25) is 0 Å². The molecule has 6 nitrogen and oxygen atoms in total. The quantitative estimate of drug-likeness (QED) is 0.729. The molecule has 2 fully saturated rings. The third kappa shape index (κ3) is 3.60. The van der Waals surface area contributed by atoms with Crippen LogP contribution in [0, 0.1) is 5.41 Å². The molecule has 6 heteroatoms. The predicted octanol–water partition coefficient (Wildman–Crippen LogP) is 3.32. The molecule has 2 aliphatic rings. The number of hydrogen-bond donors (Lipinski definition) is 1. The zero-order valence-electron chi connectivity index (χ0n) is 16.5. The number of carbonyl (C=O) groups excluding carboxylic acids is 1. The van der Waals surface area contributed by atoms with Crippen molar-refractivity contribution < 1.29 is 9.53 Å². The lowest BCUT2D eigenvalue weighted by Gasteiger charge is -2.44. The maximum Gasteiger partial charge on any atom is 0.253 e. The first-order valence-electron chi connectivity index (χ1n) is 10.3. The maximum absolute atomic E-state index is 13.3. The fourth-order valence-corrected chi connectivity index (χ4v) is 4.75. The molecule has 5 rings (SSSR count). The molecule has 1 spiro atoms. The number of ether oxygens (including phenoxy) is 1. The molecule has 1 atom stereocenters. The smallest absolute Gasteiger partial charge is 0.253 e. The summed E-state index contributed by atoms with van der Waals surface area (Å²) in [6.45, 7) is 4.68. The van der Waals surface area contributed by atoms with E-state index in [4.69, 9.17) is 4.74 Å². The Balaban J connectivity index is 1.37. The van der Waals surface area contributed by atoms with Gasteiger partial charge < -0.3 is 19.5 Å². The van der Waals surface area contributed by atoms with Crippen LogP contribution >= 0.6 is 0 Å². The van der Waals surface area contributed by atoms with Crippen LogP contribution in [0.3, 0.4) is 0 Å². The van der Waals surface area contributed by atoms with Crippen LogP contribution in [0.15, 0.2) is 55.0 Å². The molecule has 0 bridgehead atoms. The minimum absolute atomic E-state index is 0.0432. The Hall–Kier alpha value is -2.86. The summed E-state index contributed by atoms with van der Waals surface area (Å²) >= 11 is 0. The molecule has 1 aromatic carbocycles. The van der Waals surface area contributed by atoms with Gasteiger partial charge in [0.05, 0.1) is 25.1 Å². The van der Waals surface area contributed by atoms with E-state index in [0.29, 0.717) is 13.2 Å². The molecule has 2 saturated heterocycles. The van der Waals surface area contributed by atoms with E-state index in [2.05, 4.69) is 20.9 Å². The first-order valence-corrected chi connectivity index (χ1v) is 10.3. The zero-order chi connectivity index (χ0) is 19.7. The molecule has 1 amide bonds. The standard InChI is InChI=1S/C23H26N4O2/c28-22(19-4-5-21-18(13-19)6-9-25-21)27-10-2-7-23(16-27)15-26(11-12-29-17-23)20-3-1-8-24-14-20/h1,3-6,8-9,13-14,25H,2,7,10-12,15-17H2/t23-/m0/s1. The molecular weight excluding hydrogens is 364 g/mol. The Kier molecular flexibility index (Phi) is 4.72. The van der Waals surface area contributed by atoms with Crippen molar-refractivity contribution in [1.29, 1.82) is 0 Å². The third-order valence-electron chi connectivity index (χ3n) is 6.20. The Bertz CT molecular complexity index is 1000. The van der Waals surface area contributed by atoms with E-state index in [1.54, 1.807) is 6.20 Å². The van der Waals surface area contributed by atoms with Gasteiger partial charge >= 0.3 is 0 Å². The van der Waals surface area contributed by atoms with Gasteiger partial charge in [-0.25, -0.2) is 0 Å². The van der Waals surface area contributed by atoms with Crippen LogP contribution in [0.1, 0.15) is 23.2 Å². The number of carbonyl (C=O) groups is 1. The monoisotopic (exact) mass is 390 g/mol. The highest BCUT2D eigenvalue weighted by Crippen LogP contribution is 2.35. The Morgan fingerprint density at radius 1 is 1.17 bits per heavy atom. The summed E-state index contributed by atoms with van der Waals surface area (Å²) in [4.78, 5) is 25.1. The molecule has 1 N–H and O–H groups in total. The fraction of sp³-hybridized carbons (Fsp3) is 0.391. The van der Waals surface area contributed by atoms with Crippen LogP contribution in [-0.4, -0.2) is 60.2 Å². The average Bonchev–Trinajstić information content (AvgIpc) is 3.15. The summed E-state index contributed by atoms with van der Waals surface area (Å²) in [6, 6.07) is 12.0. The molecule has 3 aromatic rings. The van der Waals surface area contributed by atoms with Crippen molar-refractivity contribution in [1.82, 2.24) is 14.9 Å². The Morgan fingerprint density at radius 2 is 2.14 bits per heavy atom. The minimum Gasteiger partial charge on any atom is -0.379 e. The van der Waals surface area contributed by atoms with Crippen LogP contribution in [-0.2, 0) is 4.74 Å². The lowest BCUT2D eigenvalue weighted by molar-refractivity contribution is 0.0135. The molecule has 0 aliphatic carbocycles. The summed E-state index contributed by atoms with van der Waals surface area (Å²) in [7, 11) is 0. The molecule has 0 unspecified atom stereocenters. The lowest BCUT2D eigenvalue weighted by atomic mass is 9.79. The largest absolute Gasteiger partial charge is 0.379 e. The minimum atomic E-state index is -0.0432. The number of aromatic nitrogens is 2. The van der Waals surface area contributed by atoms with Gasteiger partial charge in [0.25, 0.3) is 5.91 Å². The molecule has 0 radical (unpaired) electrons. The first-order chi connectivity index (χ1) is 14.2. The van der Waals surface area contributed by atoms with Crippen LogP contribution < -0.4 is 4.90 Å². The number of hydrogen-bond acceptors (Lipinski definition) is 4. The number of nitrogens with one attached hydrogen (secondary N) is 1. The number of H-pyrrole nitrogens is 1. The lowest BCUT2D eigenvalue weighted by Crippen LogP contribution is -2.52. The zero-order valence-corrected chi connectivity index (χ0v) is 16.5. The van der Waals surface area contributed by atoms with Crippen molar-refractivity contribution in [2.24, 2.45) is 5.41 Å². The topological polar surface area (TPSA) is 61.5 Å². The van der Waals surface area contributed by atoms with E-state index in [1.807, 2.05) is 47.6 Å². The highest BCUT2D eigenvalue weighted by Gasteiger charge is 2.40. The van der Waals surface area contributed by atoms with Crippen LogP contribution in [0.5, 0.6) is 0 Å². The SMILES string of the molecule is O=C(c1ccc2[nH]ccc2c1)N1CCC[C@@]2(COCCN(c3cccnc3)C2)C1.